The third kappa shape index (κ3) is 4.16. The number of methoxy groups -OCH3 is 1. The van der Waals surface area contributed by atoms with Crippen molar-refractivity contribution in [3.05, 3.63) is 0 Å². The van der Waals surface area contributed by atoms with Crippen molar-refractivity contribution in [2.24, 2.45) is 0 Å². The van der Waals surface area contributed by atoms with Crippen LogP contribution in [0.15, 0.2) is 0 Å². The normalized spacial score (nSPS) is 20.8. The van der Waals surface area contributed by atoms with E-state index in [9.17, 15) is 9.59 Å². The molecular weight excluding hydrogens is 214 g/mol. The molecule has 0 aromatic rings. The first kappa shape index (κ1) is 12.9. The molecule has 0 bridgehead atoms. The highest BCUT2D eigenvalue weighted by atomic mass is 16.5. The lowest BCUT2D eigenvalue weighted by molar-refractivity contribution is -0.148. The number of morpholine rings is 1. The molecule has 0 saturated carbocycles. The maximum atomic E-state index is 11.6. The molecule has 1 N–H and O–H groups in total. The van der Waals surface area contributed by atoms with Gasteiger partial charge < -0.3 is 19.5 Å². The Balaban J connectivity index is 2.37. The minimum Gasteiger partial charge on any atom is -0.481 e. The van der Waals surface area contributed by atoms with Gasteiger partial charge in [0.15, 0.2) is 0 Å². The fraction of sp³-hybridized carbons (Fsp3) is 0.800. The van der Waals surface area contributed by atoms with Crippen LogP contribution < -0.4 is 0 Å². The fourth-order valence-electron chi connectivity index (χ4n) is 1.61. The summed E-state index contributed by atoms with van der Waals surface area (Å²) in [6.07, 6.45) is -0.123. The molecule has 16 heavy (non-hydrogen) atoms. The van der Waals surface area contributed by atoms with Crippen LogP contribution in [-0.4, -0.2) is 61.4 Å². The molecule has 1 fully saturated rings. The van der Waals surface area contributed by atoms with Gasteiger partial charge in [-0.15, -0.1) is 0 Å². The van der Waals surface area contributed by atoms with Crippen LogP contribution in [0, 0.1) is 0 Å². The molecule has 6 heteroatoms. The Bertz CT molecular complexity index is 256. The Kier molecular flexibility index (Phi) is 5.21. The molecule has 0 radical (unpaired) electrons. The summed E-state index contributed by atoms with van der Waals surface area (Å²) < 4.78 is 10.1. The van der Waals surface area contributed by atoms with Crippen molar-refractivity contribution in [1.82, 2.24) is 4.90 Å². The van der Waals surface area contributed by atoms with Crippen molar-refractivity contribution in [3.8, 4) is 0 Å². The highest BCUT2D eigenvalue weighted by molar-refractivity contribution is 5.76. The lowest BCUT2D eigenvalue weighted by Crippen LogP contribution is -2.46. The molecule has 1 rings (SSSR count). The summed E-state index contributed by atoms with van der Waals surface area (Å²) in [6, 6.07) is 0. The van der Waals surface area contributed by atoms with Gasteiger partial charge in [0.25, 0.3) is 0 Å². The molecule has 1 aliphatic rings. The smallest absolute Gasteiger partial charge is 0.306 e. The summed E-state index contributed by atoms with van der Waals surface area (Å²) in [7, 11) is 1.54. The van der Waals surface area contributed by atoms with Gasteiger partial charge in [-0.2, -0.15) is 0 Å². The highest BCUT2D eigenvalue weighted by Crippen LogP contribution is 2.09. The van der Waals surface area contributed by atoms with E-state index in [0.29, 0.717) is 32.7 Å². The number of rotatable bonds is 5. The zero-order chi connectivity index (χ0) is 12.0. The molecule has 1 saturated heterocycles. The van der Waals surface area contributed by atoms with E-state index in [4.69, 9.17) is 14.6 Å². The van der Waals surface area contributed by atoms with Gasteiger partial charge in [0.05, 0.1) is 32.2 Å². The van der Waals surface area contributed by atoms with Crippen LogP contribution in [0.5, 0.6) is 0 Å². The summed E-state index contributed by atoms with van der Waals surface area (Å²) in [6.45, 7) is 1.67. The van der Waals surface area contributed by atoms with Gasteiger partial charge in [0.1, 0.15) is 0 Å². The predicted molar refractivity (Wildman–Crippen MR) is 55.1 cm³/mol. The van der Waals surface area contributed by atoms with Crippen LogP contribution in [0.1, 0.15) is 12.8 Å². The molecule has 0 aliphatic carbocycles. The van der Waals surface area contributed by atoms with Gasteiger partial charge in [-0.3, -0.25) is 9.59 Å². The molecule has 6 nitrogen and oxygen atoms in total. The lowest BCUT2D eigenvalue weighted by Gasteiger charge is -2.32. The zero-order valence-corrected chi connectivity index (χ0v) is 9.35. The standard InChI is InChI=1S/C10H17NO5/c1-15-4-2-9(12)11-3-5-16-8(7-11)6-10(13)14/h8H,2-7H2,1H3,(H,13,14). The van der Waals surface area contributed by atoms with Crippen molar-refractivity contribution in [3.63, 3.8) is 0 Å². The summed E-state index contributed by atoms with van der Waals surface area (Å²) >= 11 is 0. The van der Waals surface area contributed by atoms with E-state index in [0.717, 1.165) is 0 Å². The van der Waals surface area contributed by atoms with E-state index in [1.54, 1.807) is 12.0 Å². The van der Waals surface area contributed by atoms with Gasteiger partial charge in [-0.05, 0) is 0 Å². The number of hydrogen-bond acceptors (Lipinski definition) is 4. The van der Waals surface area contributed by atoms with Gasteiger partial charge in [-0.1, -0.05) is 0 Å². The third-order valence-corrected chi connectivity index (χ3v) is 2.41. The minimum atomic E-state index is -0.906. The van der Waals surface area contributed by atoms with Crippen molar-refractivity contribution in [2.75, 3.05) is 33.4 Å². The number of nitrogens with zero attached hydrogens (tertiary/aromatic N) is 1. The van der Waals surface area contributed by atoms with Gasteiger partial charge in [0, 0.05) is 20.2 Å². The molecule has 0 aromatic heterocycles. The summed E-state index contributed by atoms with van der Waals surface area (Å²) in [5, 5.41) is 8.63. The van der Waals surface area contributed by atoms with Crippen molar-refractivity contribution < 1.29 is 24.2 Å². The van der Waals surface area contributed by atoms with E-state index in [1.165, 1.54) is 0 Å². The monoisotopic (exact) mass is 231 g/mol. The average molecular weight is 231 g/mol. The molecular formula is C10H17NO5. The Hall–Kier alpha value is -1.14. The molecule has 1 heterocycles. The third-order valence-electron chi connectivity index (χ3n) is 2.41. The van der Waals surface area contributed by atoms with Crippen LogP contribution >= 0.6 is 0 Å². The SMILES string of the molecule is COCCC(=O)N1CCOC(CC(=O)O)C1. The topological polar surface area (TPSA) is 76.1 Å². The molecule has 1 aliphatic heterocycles. The number of carboxylic acid groups (broad SMARTS) is 1. The van der Waals surface area contributed by atoms with E-state index < -0.39 is 12.1 Å². The first-order valence-corrected chi connectivity index (χ1v) is 5.23. The minimum absolute atomic E-state index is 0.0134. The maximum absolute atomic E-state index is 11.6. The van der Waals surface area contributed by atoms with Gasteiger partial charge >= 0.3 is 5.97 Å². The number of hydrogen-bond donors (Lipinski definition) is 1. The van der Waals surface area contributed by atoms with Crippen molar-refractivity contribution in [2.45, 2.75) is 18.9 Å². The van der Waals surface area contributed by atoms with Crippen LogP contribution in [0.25, 0.3) is 0 Å². The number of carboxylic acids is 1. The number of ether oxygens (including phenoxy) is 2. The Morgan fingerprint density at radius 3 is 2.94 bits per heavy atom. The molecule has 0 aromatic carbocycles. The van der Waals surface area contributed by atoms with Gasteiger partial charge in [-0.25, -0.2) is 0 Å². The summed E-state index contributed by atoms with van der Waals surface area (Å²) in [4.78, 5) is 23.8. The first-order chi connectivity index (χ1) is 7.63. The summed E-state index contributed by atoms with van der Waals surface area (Å²) in [5.41, 5.74) is 0. The molecule has 92 valence electrons. The second-order valence-corrected chi connectivity index (χ2v) is 3.67. The van der Waals surface area contributed by atoms with Crippen molar-refractivity contribution in [1.29, 1.82) is 0 Å². The van der Waals surface area contributed by atoms with Crippen molar-refractivity contribution >= 4 is 11.9 Å². The first-order valence-electron chi connectivity index (χ1n) is 5.23. The van der Waals surface area contributed by atoms with Crippen LogP contribution in [0.3, 0.4) is 0 Å². The molecule has 1 amide bonds. The molecule has 0 spiro atoms. The number of aliphatic carboxylic acids is 1. The van der Waals surface area contributed by atoms with E-state index in [2.05, 4.69) is 0 Å². The second-order valence-electron chi connectivity index (χ2n) is 3.67. The van der Waals surface area contributed by atoms with Gasteiger partial charge in [0.2, 0.25) is 5.91 Å². The molecule has 1 unspecified atom stereocenters. The fourth-order valence-corrected chi connectivity index (χ4v) is 1.61. The quantitative estimate of drug-likeness (QED) is 0.704. The zero-order valence-electron chi connectivity index (χ0n) is 9.35. The Labute approximate surface area is 94.1 Å². The Morgan fingerprint density at radius 2 is 2.31 bits per heavy atom. The molecule has 1 atom stereocenters. The summed E-state index contributed by atoms with van der Waals surface area (Å²) in [5.74, 6) is -0.920. The number of carbonyl (C=O) groups is 2. The Morgan fingerprint density at radius 1 is 1.56 bits per heavy atom. The second kappa shape index (κ2) is 6.44. The maximum Gasteiger partial charge on any atom is 0.306 e. The highest BCUT2D eigenvalue weighted by Gasteiger charge is 2.25. The van der Waals surface area contributed by atoms with Crippen LogP contribution in [0.2, 0.25) is 0 Å². The predicted octanol–water partition coefficient (Wildman–Crippen LogP) is -0.275. The lowest BCUT2D eigenvalue weighted by atomic mass is 10.2. The van der Waals surface area contributed by atoms with E-state index >= 15 is 0 Å². The van der Waals surface area contributed by atoms with E-state index in [1.807, 2.05) is 0 Å². The van der Waals surface area contributed by atoms with Crippen LogP contribution in [0.4, 0.5) is 0 Å². The largest absolute Gasteiger partial charge is 0.481 e. The van der Waals surface area contributed by atoms with Crippen LogP contribution in [-0.2, 0) is 19.1 Å². The van der Waals surface area contributed by atoms with E-state index in [-0.39, 0.29) is 12.3 Å². The average Bonchev–Trinajstić information content (AvgIpc) is 2.25. The number of amides is 1. The number of carbonyl (C=O) groups excluding carboxylic acids is 1.